The standard InChI is InChI=1S/C18H24FN5O3/c1-3-18(16(26)21-17(27)22-18)9-12(2)15(25)24-6-4-23(5-7-24)14-8-13(19)10-20-11-14/h8,10-12H,3-7,9H2,1-2H3,(H2,21,22,26,27). The fraction of sp³-hybridized carbons (Fsp3) is 0.556. The smallest absolute Gasteiger partial charge is 0.322 e. The molecule has 2 atom stereocenters. The van der Waals surface area contributed by atoms with Gasteiger partial charge in [-0.25, -0.2) is 9.18 Å². The van der Waals surface area contributed by atoms with Crippen molar-refractivity contribution in [3.05, 3.63) is 24.3 Å². The number of urea groups is 1. The summed E-state index contributed by atoms with van der Waals surface area (Å²) in [6, 6.07) is 0.915. The number of halogens is 1. The lowest BCUT2D eigenvalue weighted by Crippen LogP contribution is -2.53. The summed E-state index contributed by atoms with van der Waals surface area (Å²) in [5.74, 6) is -1.22. The molecule has 2 fully saturated rings. The lowest BCUT2D eigenvalue weighted by Gasteiger charge is -2.38. The number of hydrogen-bond donors (Lipinski definition) is 2. The molecule has 4 amide bonds. The zero-order chi connectivity index (χ0) is 19.6. The van der Waals surface area contributed by atoms with Gasteiger partial charge < -0.3 is 15.1 Å². The molecule has 2 aliphatic heterocycles. The Morgan fingerprint density at radius 1 is 1.30 bits per heavy atom. The highest BCUT2D eigenvalue weighted by atomic mass is 19.1. The van der Waals surface area contributed by atoms with Crippen LogP contribution in [0.4, 0.5) is 14.9 Å². The predicted molar refractivity (Wildman–Crippen MR) is 96.5 cm³/mol. The molecule has 3 rings (SSSR count). The van der Waals surface area contributed by atoms with Crippen LogP contribution in [0.15, 0.2) is 18.5 Å². The molecule has 2 aliphatic rings. The molecule has 27 heavy (non-hydrogen) atoms. The summed E-state index contributed by atoms with van der Waals surface area (Å²) in [7, 11) is 0. The van der Waals surface area contributed by atoms with Crippen molar-refractivity contribution in [2.45, 2.75) is 32.2 Å². The Bertz CT molecular complexity index is 750. The first-order valence-electron chi connectivity index (χ1n) is 9.12. The van der Waals surface area contributed by atoms with E-state index in [-0.39, 0.29) is 24.1 Å². The Morgan fingerprint density at radius 3 is 2.56 bits per heavy atom. The van der Waals surface area contributed by atoms with Crippen molar-refractivity contribution in [2.75, 3.05) is 31.1 Å². The van der Waals surface area contributed by atoms with E-state index in [4.69, 9.17) is 0 Å². The Hall–Kier alpha value is -2.71. The number of carbonyl (C=O) groups excluding carboxylic acids is 3. The Labute approximate surface area is 157 Å². The Morgan fingerprint density at radius 2 is 2.00 bits per heavy atom. The van der Waals surface area contributed by atoms with Gasteiger partial charge in [-0.3, -0.25) is 19.9 Å². The SMILES string of the molecule is CCC1(CC(C)C(=O)N2CCN(c3cncc(F)c3)CC2)NC(=O)NC1=O. The van der Waals surface area contributed by atoms with Crippen LogP contribution in [0.3, 0.4) is 0 Å². The van der Waals surface area contributed by atoms with Gasteiger partial charge in [0.05, 0.1) is 18.1 Å². The van der Waals surface area contributed by atoms with Crippen LogP contribution in [-0.4, -0.2) is 59.4 Å². The maximum Gasteiger partial charge on any atom is 0.322 e. The predicted octanol–water partition coefficient (Wildman–Crippen LogP) is 0.884. The molecule has 0 aliphatic carbocycles. The normalized spacial score (nSPS) is 23.8. The van der Waals surface area contributed by atoms with E-state index in [1.165, 1.54) is 6.07 Å². The minimum Gasteiger partial charge on any atom is -0.367 e. The molecule has 0 bridgehead atoms. The van der Waals surface area contributed by atoms with Crippen molar-refractivity contribution in [3.8, 4) is 0 Å². The number of hydrogen-bond acceptors (Lipinski definition) is 5. The molecule has 2 unspecified atom stereocenters. The van der Waals surface area contributed by atoms with Crippen LogP contribution in [0.1, 0.15) is 26.7 Å². The zero-order valence-electron chi connectivity index (χ0n) is 15.5. The second-order valence-electron chi connectivity index (χ2n) is 7.12. The number of carbonyl (C=O) groups is 3. The molecule has 0 aromatic carbocycles. The van der Waals surface area contributed by atoms with E-state index in [0.717, 1.165) is 6.20 Å². The fourth-order valence-electron chi connectivity index (χ4n) is 3.75. The lowest BCUT2D eigenvalue weighted by atomic mass is 9.85. The number of piperazine rings is 1. The molecular formula is C18H24FN5O3. The number of nitrogens with zero attached hydrogens (tertiary/aromatic N) is 3. The summed E-state index contributed by atoms with van der Waals surface area (Å²) < 4.78 is 13.3. The van der Waals surface area contributed by atoms with Gasteiger partial charge in [0.1, 0.15) is 11.4 Å². The minimum absolute atomic E-state index is 0.0474. The molecule has 9 heteroatoms. The third-order valence-electron chi connectivity index (χ3n) is 5.34. The van der Waals surface area contributed by atoms with Crippen molar-refractivity contribution < 1.29 is 18.8 Å². The summed E-state index contributed by atoms with van der Waals surface area (Å²) >= 11 is 0. The monoisotopic (exact) mass is 377 g/mol. The van der Waals surface area contributed by atoms with E-state index in [1.807, 2.05) is 11.8 Å². The van der Waals surface area contributed by atoms with Crippen LogP contribution in [0, 0.1) is 11.7 Å². The third kappa shape index (κ3) is 3.86. The van der Waals surface area contributed by atoms with Gasteiger partial charge in [-0.05, 0) is 12.8 Å². The van der Waals surface area contributed by atoms with E-state index >= 15 is 0 Å². The van der Waals surface area contributed by atoms with Gasteiger partial charge in [0.15, 0.2) is 0 Å². The topological polar surface area (TPSA) is 94.6 Å². The number of aromatic nitrogens is 1. The van der Waals surface area contributed by atoms with Gasteiger partial charge in [-0.15, -0.1) is 0 Å². The molecule has 0 radical (unpaired) electrons. The second-order valence-corrected chi connectivity index (χ2v) is 7.12. The lowest BCUT2D eigenvalue weighted by molar-refractivity contribution is -0.136. The summed E-state index contributed by atoms with van der Waals surface area (Å²) in [5.41, 5.74) is -0.327. The first-order chi connectivity index (χ1) is 12.8. The molecule has 2 saturated heterocycles. The van der Waals surface area contributed by atoms with E-state index in [9.17, 15) is 18.8 Å². The average Bonchev–Trinajstić information content (AvgIpc) is 2.94. The molecule has 1 aromatic heterocycles. The van der Waals surface area contributed by atoms with E-state index in [0.29, 0.717) is 38.3 Å². The summed E-state index contributed by atoms with van der Waals surface area (Å²) in [6.45, 7) is 5.78. The molecule has 8 nitrogen and oxygen atoms in total. The maximum atomic E-state index is 13.3. The van der Waals surface area contributed by atoms with Crippen LogP contribution in [0.5, 0.6) is 0 Å². The maximum absolute atomic E-state index is 13.3. The first kappa shape index (κ1) is 19.1. The van der Waals surface area contributed by atoms with Gasteiger partial charge in [0.25, 0.3) is 5.91 Å². The van der Waals surface area contributed by atoms with Crippen LogP contribution in [0.25, 0.3) is 0 Å². The van der Waals surface area contributed by atoms with Crippen molar-refractivity contribution >= 4 is 23.5 Å². The number of imide groups is 1. The van der Waals surface area contributed by atoms with Crippen LogP contribution < -0.4 is 15.5 Å². The van der Waals surface area contributed by atoms with Gasteiger partial charge >= 0.3 is 6.03 Å². The van der Waals surface area contributed by atoms with E-state index in [2.05, 4.69) is 15.6 Å². The average molecular weight is 377 g/mol. The van der Waals surface area contributed by atoms with Crippen molar-refractivity contribution in [1.29, 1.82) is 0 Å². The number of pyridine rings is 1. The van der Waals surface area contributed by atoms with E-state index < -0.39 is 17.5 Å². The van der Waals surface area contributed by atoms with Crippen LogP contribution >= 0.6 is 0 Å². The number of amides is 4. The molecular weight excluding hydrogens is 353 g/mol. The summed E-state index contributed by atoms with van der Waals surface area (Å²) in [5, 5.41) is 4.92. The zero-order valence-corrected chi connectivity index (χ0v) is 15.5. The highest BCUT2D eigenvalue weighted by molar-refractivity contribution is 6.07. The number of anilines is 1. The highest BCUT2D eigenvalue weighted by Gasteiger charge is 2.46. The van der Waals surface area contributed by atoms with Crippen molar-refractivity contribution in [1.82, 2.24) is 20.5 Å². The molecule has 0 spiro atoms. The van der Waals surface area contributed by atoms with Crippen molar-refractivity contribution in [3.63, 3.8) is 0 Å². The molecule has 146 valence electrons. The van der Waals surface area contributed by atoms with Crippen molar-refractivity contribution in [2.24, 2.45) is 5.92 Å². The number of nitrogens with one attached hydrogen (secondary N) is 2. The van der Waals surface area contributed by atoms with Crippen LogP contribution in [-0.2, 0) is 9.59 Å². The van der Waals surface area contributed by atoms with Gasteiger partial charge in [-0.2, -0.15) is 0 Å². The van der Waals surface area contributed by atoms with Crippen LogP contribution in [0.2, 0.25) is 0 Å². The van der Waals surface area contributed by atoms with Gasteiger partial charge in [0.2, 0.25) is 5.91 Å². The third-order valence-corrected chi connectivity index (χ3v) is 5.34. The van der Waals surface area contributed by atoms with Gasteiger partial charge in [-0.1, -0.05) is 13.8 Å². The largest absolute Gasteiger partial charge is 0.367 e. The number of rotatable bonds is 5. The Balaban J connectivity index is 1.58. The fourth-order valence-corrected chi connectivity index (χ4v) is 3.75. The Kier molecular flexibility index (Phi) is 5.29. The van der Waals surface area contributed by atoms with Gasteiger partial charge in [0, 0.05) is 38.2 Å². The molecule has 2 N–H and O–H groups in total. The first-order valence-corrected chi connectivity index (χ1v) is 9.12. The minimum atomic E-state index is -1.03. The van der Waals surface area contributed by atoms with E-state index in [1.54, 1.807) is 18.0 Å². The highest BCUT2D eigenvalue weighted by Crippen LogP contribution is 2.26. The summed E-state index contributed by atoms with van der Waals surface area (Å²) in [4.78, 5) is 44.1. The quantitative estimate of drug-likeness (QED) is 0.743. The second kappa shape index (κ2) is 7.50. The summed E-state index contributed by atoms with van der Waals surface area (Å²) in [6.07, 6.45) is 3.44. The molecule has 3 heterocycles. The molecule has 1 aromatic rings. The molecule has 0 saturated carbocycles.